The van der Waals surface area contributed by atoms with Gasteiger partial charge in [-0.3, -0.25) is 19.6 Å². The lowest BCUT2D eigenvalue weighted by Gasteiger charge is -2.21. The average Bonchev–Trinajstić information content (AvgIpc) is 2.92. The van der Waals surface area contributed by atoms with Gasteiger partial charge in [-0.25, -0.2) is 0 Å². The van der Waals surface area contributed by atoms with Crippen LogP contribution >= 0.6 is 0 Å². The third-order valence-corrected chi connectivity index (χ3v) is 6.31. The first-order valence-electron chi connectivity index (χ1n) is 13.5. The number of nitrogens with zero attached hydrogens (tertiary/aromatic N) is 2. The highest BCUT2D eigenvalue weighted by molar-refractivity contribution is 5.92. The van der Waals surface area contributed by atoms with E-state index in [1.165, 1.54) is 0 Å². The fourth-order valence-electron chi connectivity index (χ4n) is 4.16. The molecule has 0 aliphatic carbocycles. The summed E-state index contributed by atoms with van der Waals surface area (Å²) in [7, 11) is 1.64. The molecule has 1 aromatic carbocycles. The van der Waals surface area contributed by atoms with Crippen LogP contribution in [0.5, 0.6) is 5.75 Å². The van der Waals surface area contributed by atoms with E-state index >= 15 is 0 Å². The van der Waals surface area contributed by atoms with Crippen molar-refractivity contribution in [3.05, 3.63) is 30.5 Å². The molecule has 3 atom stereocenters. The zero-order valence-corrected chi connectivity index (χ0v) is 23.1. The van der Waals surface area contributed by atoms with Gasteiger partial charge in [0.25, 0.3) is 0 Å². The first-order chi connectivity index (χ1) is 18.7. The number of hydrogen-bond acceptors (Lipinski definition) is 8. The maximum absolute atomic E-state index is 12.9. The van der Waals surface area contributed by atoms with E-state index in [-0.39, 0.29) is 23.8 Å². The number of rotatable bonds is 18. The van der Waals surface area contributed by atoms with Crippen LogP contribution in [0.3, 0.4) is 0 Å². The molecule has 0 saturated heterocycles. The number of nitrogens with one attached hydrogen (secondary N) is 3. The number of unbranched alkanes of at least 4 members (excludes halogenated alkanes) is 1. The fourth-order valence-corrected chi connectivity index (χ4v) is 4.16. The Morgan fingerprint density at radius 2 is 1.87 bits per heavy atom. The summed E-state index contributed by atoms with van der Waals surface area (Å²) in [6.07, 6.45) is 6.28. The van der Waals surface area contributed by atoms with Crippen LogP contribution in [0, 0.1) is 0 Å². The van der Waals surface area contributed by atoms with Crippen LogP contribution in [-0.4, -0.2) is 67.6 Å². The second-order valence-electron chi connectivity index (χ2n) is 9.63. The summed E-state index contributed by atoms with van der Waals surface area (Å²) in [5.41, 5.74) is 24.1. The number of hydrogen-bond donors (Lipinski definition) is 7. The predicted molar refractivity (Wildman–Crippen MR) is 156 cm³/mol. The second-order valence-corrected chi connectivity index (χ2v) is 9.63. The molecule has 2 amide bonds. The van der Waals surface area contributed by atoms with Gasteiger partial charge in [0.05, 0.1) is 24.4 Å². The molecule has 12 nitrogen and oxygen atoms in total. The van der Waals surface area contributed by atoms with Crippen molar-refractivity contribution in [1.29, 1.82) is 0 Å². The Kier molecular flexibility index (Phi) is 13.8. The smallest absolute Gasteiger partial charge is 0.242 e. The molecule has 0 aliphatic rings. The van der Waals surface area contributed by atoms with Gasteiger partial charge in [-0.1, -0.05) is 12.5 Å². The molecule has 11 N–H and O–H groups in total. The highest BCUT2D eigenvalue weighted by Crippen LogP contribution is 2.28. The Morgan fingerprint density at radius 3 is 2.59 bits per heavy atom. The summed E-state index contributed by atoms with van der Waals surface area (Å²) in [6.45, 7) is 3.45. The SMILES string of the molecule is COc1cc(NC(C)CCCNC(=O)C(CCCN=C(N)N)NC(=O)C(N)CCCCN)c2ncccc2c1. The zero-order chi connectivity index (χ0) is 28.6. The van der Waals surface area contributed by atoms with Crippen molar-refractivity contribution in [3.63, 3.8) is 0 Å². The van der Waals surface area contributed by atoms with E-state index < -0.39 is 12.1 Å². The maximum Gasteiger partial charge on any atom is 0.242 e. The number of pyridine rings is 1. The molecular weight excluding hydrogens is 498 g/mol. The van der Waals surface area contributed by atoms with Gasteiger partial charge < -0.3 is 43.6 Å². The van der Waals surface area contributed by atoms with Crippen molar-refractivity contribution < 1.29 is 14.3 Å². The minimum atomic E-state index is -0.725. The predicted octanol–water partition coefficient (Wildman–Crippen LogP) is 0.935. The largest absolute Gasteiger partial charge is 0.497 e. The number of nitrogens with two attached hydrogens (primary N) is 4. The van der Waals surface area contributed by atoms with Gasteiger partial charge in [0.15, 0.2) is 5.96 Å². The summed E-state index contributed by atoms with van der Waals surface area (Å²) in [5.74, 6) is 0.128. The van der Waals surface area contributed by atoms with E-state index in [4.69, 9.17) is 27.7 Å². The van der Waals surface area contributed by atoms with Gasteiger partial charge in [0.1, 0.15) is 11.8 Å². The summed E-state index contributed by atoms with van der Waals surface area (Å²) in [5, 5.41) is 10.2. The average molecular weight is 544 g/mol. The molecule has 0 bridgehead atoms. The minimum absolute atomic E-state index is 0.0117. The number of aliphatic imine (C=N–C) groups is 1. The molecule has 0 aliphatic heterocycles. The summed E-state index contributed by atoms with van der Waals surface area (Å²) in [4.78, 5) is 34.0. The molecule has 12 heteroatoms. The molecule has 39 heavy (non-hydrogen) atoms. The first kappa shape index (κ1) is 31.6. The number of methoxy groups -OCH3 is 1. The van der Waals surface area contributed by atoms with E-state index in [0.29, 0.717) is 38.9 Å². The number of carbonyl (C=O) groups excluding carboxylic acids is 2. The minimum Gasteiger partial charge on any atom is -0.497 e. The topological polar surface area (TPSA) is 209 Å². The highest BCUT2D eigenvalue weighted by Gasteiger charge is 2.23. The van der Waals surface area contributed by atoms with Gasteiger partial charge in [0.2, 0.25) is 11.8 Å². The third-order valence-electron chi connectivity index (χ3n) is 6.31. The molecular formula is C27H45N9O3. The van der Waals surface area contributed by atoms with Crippen molar-refractivity contribution in [3.8, 4) is 5.75 Å². The molecule has 2 rings (SSSR count). The van der Waals surface area contributed by atoms with Gasteiger partial charge in [-0.05, 0) is 64.1 Å². The Balaban J connectivity index is 1.88. The molecule has 216 valence electrons. The number of amides is 2. The van der Waals surface area contributed by atoms with Crippen molar-refractivity contribution in [1.82, 2.24) is 15.6 Å². The normalized spacial score (nSPS) is 13.2. The zero-order valence-electron chi connectivity index (χ0n) is 23.1. The molecule has 0 radical (unpaired) electrons. The summed E-state index contributed by atoms with van der Waals surface area (Å²) < 4.78 is 5.43. The third kappa shape index (κ3) is 11.3. The standard InChI is InChI=1S/C27H45N9O3/c1-18(35-23-17-20(39-2)16-19-9-6-13-32-24(19)23)8-5-14-33-26(38)22(11-7-15-34-27(30)31)36-25(37)21(29)10-3-4-12-28/h6,9,13,16-18,21-22,35H,3-5,7-8,10-12,14-15,28-29H2,1-2H3,(H,33,38)(H,36,37)(H4,30,31,34). The van der Waals surface area contributed by atoms with E-state index in [1.54, 1.807) is 13.3 Å². The number of guanidine groups is 1. The Hall–Kier alpha value is -3.64. The highest BCUT2D eigenvalue weighted by atomic mass is 16.5. The molecule has 0 spiro atoms. The van der Waals surface area contributed by atoms with Crippen molar-refractivity contribution in [2.45, 2.75) is 70.0 Å². The van der Waals surface area contributed by atoms with Crippen molar-refractivity contribution in [2.24, 2.45) is 27.9 Å². The van der Waals surface area contributed by atoms with Gasteiger partial charge in [0, 0.05) is 36.8 Å². The Morgan fingerprint density at radius 1 is 1.08 bits per heavy atom. The maximum atomic E-state index is 12.9. The van der Waals surface area contributed by atoms with Crippen LogP contribution in [0.25, 0.3) is 10.9 Å². The van der Waals surface area contributed by atoms with E-state index in [2.05, 4.69) is 32.9 Å². The van der Waals surface area contributed by atoms with E-state index in [0.717, 1.165) is 48.0 Å². The molecule has 1 aromatic heterocycles. The quantitative estimate of drug-likeness (QED) is 0.0809. The molecule has 1 heterocycles. The molecule has 3 unspecified atom stereocenters. The Bertz CT molecular complexity index is 1080. The lowest BCUT2D eigenvalue weighted by molar-refractivity contribution is -0.129. The summed E-state index contributed by atoms with van der Waals surface area (Å²) >= 11 is 0. The van der Waals surface area contributed by atoms with Crippen LogP contribution in [0.15, 0.2) is 35.5 Å². The fraction of sp³-hybridized carbons (Fsp3) is 0.556. The lowest BCUT2D eigenvalue weighted by atomic mass is 10.1. The van der Waals surface area contributed by atoms with E-state index in [9.17, 15) is 9.59 Å². The van der Waals surface area contributed by atoms with Crippen molar-refractivity contribution >= 4 is 34.4 Å². The van der Waals surface area contributed by atoms with E-state index in [1.807, 2.05) is 24.3 Å². The van der Waals surface area contributed by atoms with Gasteiger partial charge in [-0.15, -0.1) is 0 Å². The van der Waals surface area contributed by atoms with Crippen LogP contribution < -0.4 is 43.6 Å². The summed E-state index contributed by atoms with van der Waals surface area (Å²) in [6, 6.07) is 6.48. The van der Waals surface area contributed by atoms with Gasteiger partial charge in [-0.2, -0.15) is 0 Å². The van der Waals surface area contributed by atoms with Gasteiger partial charge >= 0.3 is 0 Å². The Labute approximate surface area is 230 Å². The van der Waals surface area contributed by atoms with Crippen LogP contribution in [0.1, 0.15) is 51.9 Å². The number of aromatic nitrogens is 1. The monoisotopic (exact) mass is 543 g/mol. The van der Waals surface area contributed by atoms with Crippen molar-refractivity contribution in [2.75, 3.05) is 32.1 Å². The second kappa shape index (κ2) is 17.0. The van der Waals surface area contributed by atoms with Crippen LogP contribution in [0.4, 0.5) is 5.69 Å². The molecule has 0 fully saturated rings. The number of fused-ring (bicyclic) bond motifs is 1. The molecule has 0 saturated carbocycles. The number of benzene rings is 1. The first-order valence-corrected chi connectivity index (χ1v) is 13.5. The van der Waals surface area contributed by atoms with Crippen LogP contribution in [-0.2, 0) is 9.59 Å². The number of anilines is 1. The number of ether oxygens (including phenoxy) is 1. The molecule has 2 aromatic rings. The lowest BCUT2D eigenvalue weighted by Crippen LogP contribution is -2.51. The number of carbonyl (C=O) groups is 2. The van der Waals surface area contributed by atoms with Crippen LogP contribution in [0.2, 0.25) is 0 Å².